The first-order valence-corrected chi connectivity index (χ1v) is 6.54. The van der Waals surface area contributed by atoms with Crippen LogP contribution < -0.4 is 21.7 Å². The van der Waals surface area contributed by atoms with E-state index in [1.54, 1.807) is 13.8 Å². The van der Waals surface area contributed by atoms with Gasteiger partial charge in [-0.25, -0.2) is 0 Å². The molecular formula is C12H24N4O4. The van der Waals surface area contributed by atoms with E-state index in [1.807, 2.05) is 0 Å². The van der Waals surface area contributed by atoms with Gasteiger partial charge in [0.2, 0.25) is 17.7 Å². The zero-order valence-corrected chi connectivity index (χ0v) is 11.9. The van der Waals surface area contributed by atoms with Gasteiger partial charge in [-0.1, -0.05) is 0 Å². The fraction of sp³-hybridized carbons (Fsp3) is 0.750. The molecule has 8 nitrogen and oxygen atoms in total. The monoisotopic (exact) mass is 288 g/mol. The van der Waals surface area contributed by atoms with Crippen LogP contribution in [0.4, 0.5) is 0 Å². The summed E-state index contributed by atoms with van der Waals surface area (Å²) in [5.41, 5.74) is 5.00. The summed E-state index contributed by atoms with van der Waals surface area (Å²) in [7, 11) is 0. The Hall–Kier alpha value is -1.67. The van der Waals surface area contributed by atoms with Gasteiger partial charge < -0.3 is 26.8 Å². The van der Waals surface area contributed by atoms with Crippen molar-refractivity contribution >= 4 is 17.7 Å². The predicted molar refractivity (Wildman–Crippen MR) is 73.6 cm³/mol. The minimum absolute atomic E-state index is 0.0371. The number of aliphatic hydroxyl groups excluding tert-OH is 1. The first-order valence-electron chi connectivity index (χ1n) is 6.54. The van der Waals surface area contributed by atoms with Gasteiger partial charge in [0.05, 0.1) is 19.2 Å². The predicted octanol–water partition coefficient (Wildman–Crippen LogP) is -2.16. The highest BCUT2D eigenvalue weighted by Gasteiger charge is 2.10. The van der Waals surface area contributed by atoms with E-state index in [0.29, 0.717) is 13.0 Å². The van der Waals surface area contributed by atoms with E-state index in [-0.39, 0.29) is 37.4 Å². The van der Waals surface area contributed by atoms with Crippen LogP contribution in [0.3, 0.4) is 0 Å². The third-order valence-electron chi connectivity index (χ3n) is 2.40. The molecule has 8 heteroatoms. The van der Waals surface area contributed by atoms with Gasteiger partial charge in [-0.15, -0.1) is 0 Å². The second kappa shape index (κ2) is 10.2. The number of rotatable bonds is 10. The summed E-state index contributed by atoms with van der Waals surface area (Å²) in [6.07, 6.45) is 0.138. The van der Waals surface area contributed by atoms with Crippen molar-refractivity contribution in [3.63, 3.8) is 0 Å². The van der Waals surface area contributed by atoms with Crippen LogP contribution in [-0.4, -0.2) is 54.6 Å². The second-order valence-corrected chi connectivity index (χ2v) is 4.73. The van der Waals surface area contributed by atoms with E-state index >= 15 is 0 Å². The molecular weight excluding hydrogens is 264 g/mol. The molecule has 0 heterocycles. The van der Waals surface area contributed by atoms with E-state index in [9.17, 15) is 14.4 Å². The first-order chi connectivity index (χ1) is 9.31. The minimum Gasteiger partial charge on any atom is -0.392 e. The highest BCUT2D eigenvalue weighted by molar-refractivity contribution is 5.85. The molecule has 0 saturated carbocycles. The highest BCUT2D eigenvalue weighted by atomic mass is 16.3. The molecule has 0 fully saturated rings. The molecule has 0 bridgehead atoms. The van der Waals surface area contributed by atoms with Crippen molar-refractivity contribution in [2.75, 3.05) is 19.6 Å². The number of nitrogens with one attached hydrogen (secondary N) is 3. The lowest BCUT2D eigenvalue weighted by molar-refractivity contribution is -0.126. The maximum atomic E-state index is 11.5. The average Bonchev–Trinajstić information content (AvgIpc) is 2.33. The molecule has 0 aliphatic heterocycles. The normalized spacial score (nSPS) is 13.3. The molecule has 6 N–H and O–H groups in total. The third kappa shape index (κ3) is 11.4. The van der Waals surface area contributed by atoms with Crippen molar-refractivity contribution in [1.29, 1.82) is 0 Å². The van der Waals surface area contributed by atoms with Crippen LogP contribution in [0.2, 0.25) is 0 Å². The van der Waals surface area contributed by atoms with Gasteiger partial charge in [0, 0.05) is 19.0 Å². The Morgan fingerprint density at radius 2 is 1.80 bits per heavy atom. The molecule has 0 rings (SSSR count). The lowest BCUT2D eigenvalue weighted by Gasteiger charge is -2.13. The molecule has 116 valence electrons. The van der Waals surface area contributed by atoms with Crippen LogP contribution in [0, 0.1) is 0 Å². The Morgan fingerprint density at radius 1 is 1.15 bits per heavy atom. The highest BCUT2D eigenvalue weighted by Crippen LogP contribution is 1.94. The number of aliphatic hydroxyl groups is 1. The fourth-order valence-corrected chi connectivity index (χ4v) is 1.39. The number of nitrogens with two attached hydrogens (primary N) is 1. The van der Waals surface area contributed by atoms with Crippen LogP contribution in [-0.2, 0) is 14.4 Å². The Kier molecular flexibility index (Phi) is 9.31. The van der Waals surface area contributed by atoms with Crippen LogP contribution in [0.15, 0.2) is 0 Å². The maximum absolute atomic E-state index is 11.5. The summed E-state index contributed by atoms with van der Waals surface area (Å²) in [6, 6.07) is -0.180. The summed E-state index contributed by atoms with van der Waals surface area (Å²) in [5.74, 6) is -1.07. The lowest BCUT2D eigenvalue weighted by Crippen LogP contribution is -2.44. The Balaban J connectivity index is 3.70. The molecule has 0 aliphatic rings. The van der Waals surface area contributed by atoms with E-state index in [1.165, 1.54) is 0 Å². The van der Waals surface area contributed by atoms with E-state index < -0.39 is 12.0 Å². The van der Waals surface area contributed by atoms with Crippen molar-refractivity contribution in [2.24, 2.45) is 5.73 Å². The van der Waals surface area contributed by atoms with E-state index in [0.717, 1.165) is 0 Å². The van der Waals surface area contributed by atoms with Crippen LogP contribution in [0.1, 0.15) is 26.7 Å². The number of primary amides is 1. The minimum atomic E-state index is -0.530. The quantitative estimate of drug-likeness (QED) is 0.312. The molecule has 0 aromatic heterocycles. The summed E-state index contributed by atoms with van der Waals surface area (Å²) in [6.45, 7) is 3.58. The van der Waals surface area contributed by atoms with Crippen molar-refractivity contribution < 1.29 is 19.5 Å². The Morgan fingerprint density at radius 3 is 2.35 bits per heavy atom. The maximum Gasteiger partial charge on any atom is 0.239 e. The van der Waals surface area contributed by atoms with Crippen LogP contribution >= 0.6 is 0 Å². The molecule has 0 aliphatic carbocycles. The molecule has 2 unspecified atom stereocenters. The first kappa shape index (κ1) is 18.3. The lowest BCUT2D eigenvalue weighted by atomic mass is 10.2. The van der Waals surface area contributed by atoms with Crippen molar-refractivity contribution in [3.05, 3.63) is 0 Å². The van der Waals surface area contributed by atoms with Gasteiger partial charge in [0.15, 0.2) is 0 Å². The summed E-state index contributed by atoms with van der Waals surface area (Å²) in [4.78, 5) is 33.4. The number of amides is 3. The molecule has 0 aromatic carbocycles. The largest absolute Gasteiger partial charge is 0.392 e. The molecule has 2 atom stereocenters. The van der Waals surface area contributed by atoms with Crippen molar-refractivity contribution in [1.82, 2.24) is 16.0 Å². The summed E-state index contributed by atoms with van der Waals surface area (Å²) in [5, 5.41) is 16.8. The number of hydrogen-bond acceptors (Lipinski definition) is 5. The van der Waals surface area contributed by atoms with E-state index in [2.05, 4.69) is 16.0 Å². The Labute approximate surface area is 118 Å². The molecule has 20 heavy (non-hydrogen) atoms. The summed E-state index contributed by atoms with van der Waals surface area (Å²) < 4.78 is 0. The van der Waals surface area contributed by atoms with Gasteiger partial charge in [-0.2, -0.15) is 0 Å². The number of carbonyl (C=O) groups excluding carboxylic acids is 3. The molecule has 0 spiro atoms. The Bertz CT molecular complexity index is 333. The fourth-order valence-electron chi connectivity index (χ4n) is 1.39. The molecule has 0 radical (unpaired) electrons. The van der Waals surface area contributed by atoms with Gasteiger partial charge >= 0.3 is 0 Å². The zero-order valence-electron chi connectivity index (χ0n) is 11.9. The number of hydrogen-bond donors (Lipinski definition) is 5. The standard InChI is InChI=1S/C12H24N4O4/c1-8(3-4-10(13)18)16-12(20)7-15-11(19)6-14-5-9(2)17/h8-9,14,17H,3-7H2,1-2H3,(H2,13,18)(H,15,19)(H,16,20). The smallest absolute Gasteiger partial charge is 0.239 e. The third-order valence-corrected chi connectivity index (χ3v) is 2.40. The second-order valence-electron chi connectivity index (χ2n) is 4.73. The van der Waals surface area contributed by atoms with Gasteiger partial charge in [-0.3, -0.25) is 14.4 Å². The molecule has 0 aromatic rings. The van der Waals surface area contributed by atoms with Crippen molar-refractivity contribution in [3.8, 4) is 0 Å². The molecule has 0 saturated heterocycles. The van der Waals surface area contributed by atoms with E-state index in [4.69, 9.17) is 10.8 Å². The van der Waals surface area contributed by atoms with Crippen LogP contribution in [0.25, 0.3) is 0 Å². The average molecular weight is 288 g/mol. The zero-order chi connectivity index (χ0) is 15.5. The van der Waals surface area contributed by atoms with Gasteiger partial charge in [0.25, 0.3) is 0 Å². The van der Waals surface area contributed by atoms with Gasteiger partial charge in [-0.05, 0) is 20.3 Å². The molecule has 3 amide bonds. The number of carbonyl (C=O) groups is 3. The topological polar surface area (TPSA) is 134 Å². The summed E-state index contributed by atoms with van der Waals surface area (Å²) >= 11 is 0. The SMILES string of the molecule is CC(O)CNCC(=O)NCC(=O)NC(C)CCC(N)=O. The van der Waals surface area contributed by atoms with Gasteiger partial charge in [0.1, 0.15) is 0 Å². The van der Waals surface area contributed by atoms with Crippen LogP contribution in [0.5, 0.6) is 0 Å². The van der Waals surface area contributed by atoms with Crippen molar-refractivity contribution in [2.45, 2.75) is 38.8 Å².